The lowest BCUT2D eigenvalue weighted by Crippen LogP contribution is -2.49. The first-order chi connectivity index (χ1) is 10.9. The van der Waals surface area contributed by atoms with Gasteiger partial charge in [-0.2, -0.15) is 0 Å². The lowest BCUT2D eigenvalue weighted by molar-refractivity contribution is -0.134. The minimum Gasteiger partial charge on any atom is -0.445 e. The molecule has 1 unspecified atom stereocenters. The molecule has 0 saturated carbocycles. The van der Waals surface area contributed by atoms with E-state index in [9.17, 15) is 9.59 Å². The van der Waals surface area contributed by atoms with Crippen molar-refractivity contribution in [3.8, 4) is 0 Å². The molecule has 0 bridgehead atoms. The van der Waals surface area contributed by atoms with Crippen LogP contribution in [0.3, 0.4) is 0 Å². The van der Waals surface area contributed by atoms with E-state index in [1.165, 1.54) is 0 Å². The molecule has 1 aliphatic rings. The van der Waals surface area contributed by atoms with Gasteiger partial charge in [0.25, 0.3) is 5.91 Å². The molecule has 0 aliphatic carbocycles. The number of esters is 1. The Bertz CT molecular complexity index is 797. The van der Waals surface area contributed by atoms with Crippen LogP contribution in [0.2, 0.25) is 0 Å². The van der Waals surface area contributed by atoms with Gasteiger partial charge in [0.15, 0.2) is 5.60 Å². The van der Waals surface area contributed by atoms with Gasteiger partial charge in [-0.15, -0.1) is 0 Å². The van der Waals surface area contributed by atoms with Gasteiger partial charge >= 0.3 is 5.97 Å². The molecule has 0 fully saturated rings. The van der Waals surface area contributed by atoms with Crippen molar-refractivity contribution in [3.05, 3.63) is 64.7 Å². The Balaban J connectivity index is 1.89. The number of anilines is 1. The molecular formula is C19H19NO3. The molecule has 0 radical (unpaired) electrons. The Morgan fingerprint density at radius 2 is 1.91 bits per heavy atom. The third-order valence-electron chi connectivity index (χ3n) is 4.20. The molecule has 1 atom stereocenters. The van der Waals surface area contributed by atoms with Gasteiger partial charge < -0.3 is 10.1 Å². The number of fused-ring (bicyclic) bond motifs is 1. The Morgan fingerprint density at radius 1 is 1.17 bits per heavy atom. The highest BCUT2D eigenvalue weighted by Gasteiger charge is 2.42. The molecule has 118 valence electrons. The summed E-state index contributed by atoms with van der Waals surface area (Å²) in [4.78, 5) is 24.9. The zero-order valence-corrected chi connectivity index (χ0v) is 13.5. The van der Waals surface area contributed by atoms with E-state index in [1.54, 1.807) is 13.0 Å². The summed E-state index contributed by atoms with van der Waals surface area (Å²) in [6.45, 7) is 5.54. The summed E-state index contributed by atoms with van der Waals surface area (Å²) in [5, 5.41) is 2.87. The first-order valence-corrected chi connectivity index (χ1v) is 7.59. The van der Waals surface area contributed by atoms with Crippen LogP contribution in [0.5, 0.6) is 0 Å². The average molecular weight is 309 g/mol. The second-order valence-corrected chi connectivity index (χ2v) is 6.23. The van der Waals surface area contributed by atoms with Crippen LogP contribution in [-0.4, -0.2) is 17.5 Å². The topological polar surface area (TPSA) is 55.4 Å². The van der Waals surface area contributed by atoms with E-state index in [-0.39, 0.29) is 5.91 Å². The summed E-state index contributed by atoms with van der Waals surface area (Å²) in [5.74, 6) is -0.763. The largest absolute Gasteiger partial charge is 0.445 e. The van der Waals surface area contributed by atoms with Crippen LogP contribution < -0.4 is 5.32 Å². The second kappa shape index (κ2) is 5.54. The van der Waals surface area contributed by atoms with Crippen LogP contribution in [0.1, 0.15) is 34.0 Å². The third kappa shape index (κ3) is 2.84. The van der Waals surface area contributed by atoms with Gasteiger partial charge in [0.05, 0.1) is 5.56 Å². The van der Waals surface area contributed by atoms with Crippen LogP contribution in [0.4, 0.5) is 5.69 Å². The molecule has 1 amide bonds. The zero-order valence-electron chi connectivity index (χ0n) is 13.5. The normalized spacial score (nSPS) is 19.7. The quantitative estimate of drug-likeness (QED) is 0.865. The number of ether oxygens (including phenoxy) is 1. The molecule has 0 spiro atoms. The van der Waals surface area contributed by atoms with Crippen molar-refractivity contribution in [1.82, 2.24) is 0 Å². The summed E-state index contributed by atoms with van der Waals surface area (Å²) in [5.41, 5.74) is 2.92. The van der Waals surface area contributed by atoms with Gasteiger partial charge in [-0.3, -0.25) is 4.79 Å². The molecule has 4 nitrogen and oxygen atoms in total. The summed E-state index contributed by atoms with van der Waals surface area (Å²) < 4.78 is 5.46. The minimum atomic E-state index is -1.21. The number of carbonyl (C=O) groups is 2. The minimum absolute atomic E-state index is 0.313. The van der Waals surface area contributed by atoms with Crippen LogP contribution >= 0.6 is 0 Å². The fourth-order valence-corrected chi connectivity index (χ4v) is 2.82. The number of hydrogen-bond donors (Lipinski definition) is 1. The van der Waals surface area contributed by atoms with Crippen molar-refractivity contribution < 1.29 is 14.3 Å². The third-order valence-corrected chi connectivity index (χ3v) is 4.20. The highest BCUT2D eigenvalue weighted by atomic mass is 16.6. The predicted octanol–water partition coefficient (Wildman–Crippen LogP) is 3.41. The number of rotatable bonds is 2. The lowest BCUT2D eigenvalue weighted by Gasteiger charge is -2.33. The van der Waals surface area contributed by atoms with Crippen molar-refractivity contribution in [2.75, 3.05) is 5.32 Å². The molecule has 0 saturated heterocycles. The van der Waals surface area contributed by atoms with Crippen LogP contribution in [0.25, 0.3) is 0 Å². The van der Waals surface area contributed by atoms with Crippen molar-refractivity contribution in [1.29, 1.82) is 0 Å². The number of hydrogen-bond acceptors (Lipinski definition) is 3. The standard InChI is InChI=1S/C19H19NO3/c1-12-8-9-15-14(10-12)11-19(3,23-17(15)21)18(22)20-16-7-5-4-6-13(16)2/h4-10H,11H2,1-3H3,(H,20,22). The van der Waals surface area contributed by atoms with Crippen LogP contribution in [0, 0.1) is 13.8 Å². The number of aryl methyl sites for hydroxylation is 2. The first-order valence-electron chi connectivity index (χ1n) is 7.59. The fraction of sp³-hybridized carbons (Fsp3) is 0.263. The highest BCUT2D eigenvalue weighted by Crippen LogP contribution is 2.30. The molecule has 23 heavy (non-hydrogen) atoms. The van der Waals surface area contributed by atoms with Crippen molar-refractivity contribution in [3.63, 3.8) is 0 Å². The summed E-state index contributed by atoms with van der Waals surface area (Å²) in [7, 11) is 0. The maximum atomic E-state index is 12.7. The van der Waals surface area contributed by atoms with Gasteiger partial charge in [0.2, 0.25) is 0 Å². The molecule has 2 aromatic rings. The summed E-state index contributed by atoms with van der Waals surface area (Å²) in [6.07, 6.45) is 0.369. The molecule has 1 N–H and O–H groups in total. The molecular weight excluding hydrogens is 290 g/mol. The number of amides is 1. The number of carbonyl (C=O) groups excluding carboxylic acids is 2. The summed E-state index contributed by atoms with van der Waals surface area (Å²) >= 11 is 0. The SMILES string of the molecule is Cc1ccc2c(c1)CC(C)(C(=O)Nc1ccccc1C)OC2=O. The van der Waals surface area contributed by atoms with E-state index in [0.29, 0.717) is 12.0 Å². The zero-order chi connectivity index (χ0) is 16.6. The van der Waals surface area contributed by atoms with Gasteiger partial charge in [0, 0.05) is 12.1 Å². The van der Waals surface area contributed by atoms with E-state index in [2.05, 4.69) is 5.32 Å². The van der Waals surface area contributed by atoms with E-state index in [4.69, 9.17) is 4.74 Å². The Labute approximate surface area is 135 Å². The Hall–Kier alpha value is -2.62. The van der Waals surface area contributed by atoms with Crippen molar-refractivity contribution in [2.45, 2.75) is 32.8 Å². The Morgan fingerprint density at radius 3 is 2.65 bits per heavy atom. The van der Waals surface area contributed by atoms with Crippen molar-refractivity contribution >= 4 is 17.6 Å². The van der Waals surface area contributed by atoms with Crippen LogP contribution in [0.15, 0.2) is 42.5 Å². The molecule has 2 aromatic carbocycles. The van der Waals surface area contributed by atoms with Gasteiger partial charge in [0.1, 0.15) is 0 Å². The van der Waals surface area contributed by atoms with E-state index in [0.717, 1.165) is 22.4 Å². The van der Waals surface area contributed by atoms with Gasteiger partial charge in [-0.25, -0.2) is 4.79 Å². The number of benzene rings is 2. The van der Waals surface area contributed by atoms with Gasteiger partial charge in [-0.1, -0.05) is 35.9 Å². The smallest absolute Gasteiger partial charge is 0.339 e. The van der Waals surface area contributed by atoms with E-state index < -0.39 is 11.6 Å². The van der Waals surface area contributed by atoms with Gasteiger partial charge in [-0.05, 0) is 44.0 Å². The summed E-state index contributed by atoms with van der Waals surface area (Å²) in [6, 6.07) is 13.1. The van der Waals surface area contributed by atoms with E-state index >= 15 is 0 Å². The van der Waals surface area contributed by atoms with Crippen molar-refractivity contribution in [2.24, 2.45) is 0 Å². The number of nitrogens with one attached hydrogen (secondary N) is 1. The van der Waals surface area contributed by atoms with E-state index in [1.807, 2.05) is 50.2 Å². The second-order valence-electron chi connectivity index (χ2n) is 6.23. The molecule has 1 aliphatic heterocycles. The maximum absolute atomic E-state index is 12.7. The number of cyclic esters (lactones) is 1. The fourth-order valence-electron chi connectivity index (χ4n) is 2.82. The number of para-hydroxylation sites is 1. The first kappa shape index (κ1) is 15.3. The monoisotopic (exact) mass is 309 g/mol. The molecule has 4 heteroatoms. The highest BCUT2D eigenvalue weighted by molar-refractivity contribution is 6.02. The lowest BCUT2D eigenvalue weighted by atomic mass is 9.88. The van der Waals surface area contributed by atoms with Crippen LogP contribution in [-0.2, 0) is 16.0 Å². The average Bonchev–Trinajstić information content (AvgIpc) is 2.48. The molecule has 0 aromatic heterocycles. The predicted molar refractivity (Wildman–Crippen MR) is 88.5 cm³/mol. The maximum Gasteiger partial charge on any atom is 0.339 e. The molecule has 1 heterocycles. The molecule has 3 rings (SSSR count). The Kier molecular flexibility index (Phi) is 3.68.